The van der Waals surface area contributed by atoms with E-state index in [1.54, 1.807) is 0 Å². The average Bonchev–Trinajstić information content (AvgIpc) is 2.85. The molecule has 0 bridgehead atoms. The van der Waals surface area contributed by atoms with E-state index >= 15 is 0 Å². The molecule has 0 amide bonds. The lowest BCUT2D eigenvalue weighted by Crippen LogP contribution is -2.13. The number of hydrogen-bond donors (Lipinski definition) is 1. The van der Waals surface area contributed by atoms with E-state index in [0.717, 1.165) is 12.1 Å². The summed E-state index contributed by atoms with van der Waals surface area (Å²) in [6.45, 7) is 3.12. The highest BCUT2D eigenvalue weighted by Gasteiger charge is 2.04. The van der Waals surface area contributed by atoms with Gasteiger partial charge in [-0.1, -0.05) is 23.4 Å². The monoisotopic (exact) mass is 254 g/mol. The Morgan fingerprint density at radius 1 is 1.16 bits per heavy atom. The van der Waals surface area contributed by atoms with E-state index < -0.39 is 0 Å². The van der Waals surface area contributed by atoms with E-state index in [1.807, 2.05) is 37.4 Å². The van der Waals surface area contributed by atoms with Gasteiger partial charge in [-0.25, -0.2) is 0 Å². The number of hydrogen-bond acceptors (Lipinski definition) is 5. The summed E-state index contributed by atoms with van der Waals surface area (Å²) in [5, 5.41) is 8.22. The van der Waals surface area contributed by atoms with Crippen molar-refractivity contribution < 1.29 is 4.52 Å². The van der Waals surface area contributed by atoms with E-state index in [2.05, 4.69) is 26.5 Å². The van der Waals surface area contributed by atoms with Gasteiger partial charge in [0.05, 0.1) is 12.1 Å². The van der Waals surface area contributed by atoms with Crippen LogP contribution in [0, 0.1) is 6.92 Å². The molecule has 0 aliphatic carbocycles. The van der Waals surface area contributed by atoms with Crippen LogP contribution in [0.2, 0.25) is 0 Å². The Morgan fingerprint density at radius 3 is 2.89 bits per heavy atom. The molecule has 0 spiro atoms. The summed E-state index contributed by atoms with van der Waals surface area (Å²) in [4.78, 5) is 8.49. The summed E-state index contributed by atoms with van der Waals surface area (Å²) in [5.41, 5.74) is 2.22. The van der Waals surface area contributed by atoms with Crippen molar-refractivity contribution in [2.45, 2.75) is 20.0 Å². The molecule has 19 heavy (non-hydrogen) atoms. The Bertz CT molecular complexity index is 687. The van der Waals surface area contributed by atoms with Crippen LogP contribution in [-0.4, -0.2) is 15.1 Å². The zero-order chi connectivity index (χ0) is 13.1. The highest BCUT2D eigenvalue weighted by molar-refractivity contribution is 5.81. The number of benzene rings is 1. The summed E-state index contributed by atoms with van der Waals surface area (Å²) < 4.78 is 5.05. The molecule has 0 aliphatic rings. The van der Waals surface area contributed by atoms with Crippen LogP contribution in [0.15, 0.2) is 41.1 Å². The molecule has 0 saturated heterocycles. The Morgan fingerprint density at radius 2 is 2.05 bits per heavy atom. The van der Waals surface area contributed by atoms with Gasteiger partial charge in [-0.15, -0.1) is 0 Å². The normalized spacial score (nSPS) is 11.0. The minimum absolute atomic E-state index is 0.567. The first-order valence-corrected chi connectivity index (χ1v) is 6.15. The van der Waals surface area contributed by atoms with Gasteiger partial charge in [0.15, 0.2) is 5.82 Å². The number of aryl methyl sites for hydroxylation is 1. The lowest BCUT2D eigenvalue weighted by Gasteiger charge is -2.06. The highest BCUT2D eigenvalue weighted by Crippen LogP contribution is 2.15. The Labute approximate surface area is 110 Å². The summed E-state index contributed by atoms with van der Waals surface area (Å²) in [6.07, 6.45) is 1.83. The van der Waals surface area contributed by atoms with Crippen molar-refractivity contribution in [3.05, 3.63) is 53.8 Å². The van der Waals surface area contributed by atoms with Crippen LogP contribution in [0.4, 0.5) is 0 Å². The third-order valence-corrected chi connectivity index (χ3v) is 2.90. The molecule has 5 heteroatoms. The lowest BCUT2D eigenvalue weighted by molar-refractivity contribution is 0.364. The number of rotatable bonds is 4. The van der Waals surface area contributed by atoms with Crippen LogP contribution in [0.3, 0.4) is 0 Å². The first kappa shape index (κ1) is 11.8. The van der Waals surface area contributed by atoms with Crippen LogP contribution >= 0.6 is 0 Å². The van der Waals surface area contributed by atoms with E-state index in [4.69, 9.17) is 4.52 Å². The van der Waals surface area contributed by atoms with Gasteiger partial charge >= 0.3 is 0 Å². The third-order valence-electron chi connectivity index (χ3n) is 2.90. The third kappa shape index (κ3) is 2.61. The van der Waals surface area contributed by atoms with Gasteiger partial charge in [0.2, 0.25) is 5.89 Å². The summed E-state index contributed by atoms with van der Waals surface area (Å²) in [6, 6.07) is 10.1. The molecule has 96 valence electrons. The fourth-order valence-corrected chi connectivity index (χ4v) is 2.03. The maximum absolute atomic E-state index is 5.05. The number of para-hydroxylation sites is 1. The van der Waals surface area contributed by atoms with E-state index in [1.165, 1.54) is 10.9 Å². The van der Waals surface area contributed by atoms with Gasteiger partial charge in [-0.05, 0) is 24.6 Å². The number of fused-ring (bicyclic) bond motifs is 1. The molecule has 0 aliphatic heterocycles. The molecule has 3 aromatic rings. The molecule has 1 aromatic carbocycles. The maximum Gasteiger partial charge on any atom is 0.240 e. The molecular formula is C14H14N4O. The predicted molar refractivity (Wildman–Crippen MR) is 71.3 cm³/mol. The van der Waals surface area contributed by atoms with Crippen molar-refractivity contribution in [2.24, 2.45) is 0 Å². The maximum atomic E-state index is 5.05. The second kappa shape index (κ2) is 5.16. The van der Waals surface area contributed by atoms with Gasteiger partial charge in [0.1, 0.15) is 0 Å². The smallest absolute Gasteiger partial charge is 0.240 e. The van der Waals surface area contributed by atoms with Crippen molar-refractivity contribution >= 4 is 10.9 Å². The molecule has 0 fully saturated rings. The van der Waals surface area contributed by atoms with E-state index in [-0.39, 0.29) is 0 Å². The molecule has 5 nitrogen and oxygen atoms in total. The first-order valence-electron chi connectivity index (χ1n) is 6.15. The lowest BCUT2D eigenvalue weighted by atomic mass is 10.1. The van der Waals surface area contributed by atoms with Gasteiger partial charge in [0, 0.05) is 18.1 Å². The van der Waals surface area contributed by atoms with Crippen LogP contribution in [0.25, 0.3) is 10.9 Å². The summed E-state index contributed by atoms with van der Waals surface area (Å²) in [5.74, 6) is 1.27. The van der Waals surface area contributed by atoms with Gasteiger partial charge < -0.3 is 9.84 Å². The minimum atomic E-state index is 0.567. The largest absolute Gasteiger partial charge is 0.338 e. The second-order valence-corrected chi connectivity index (χ2v) is 4.33. The number of nitrogens with zero attached hydrogens (tertiary/aromatic N) is 3. The molecule has 0 unspecified atom stereocenters. The number of aromatic nitrogens is 3. The molecule has 0 radical (unpaired) electrons. The van der Waals surface area contributed by atoms with Crippen molar-refractivity contribution in [3.63, 3.8) is 0 Å². The van der Waals surface area contributed by atoms with E-state index in [0.29, 0.717) is 18.3 Å². The quantitative estimate of drug-likeness (QED) is 0.773. The molecule has 2 aromatic heterocycles. The Hall–Kier alpha value is -2.27. The van der Waals surface area contributed by atoms with Crippen molar-refractivity contribution in [2.75, 3.05) is 0 Å². The van der Waals surface area contributed by atoms with E-state index in [9.17, 15) is 0 Å². The molecule has 3 rings (SSSR count). The molecule has 0 saturated carbocycles. The van der Waals surface area contributed by atoms with Crippen molar-refractivity contribution in [3.8, 4) is 0 Å². The van der Waals surface area contributed by atoms with Crippen LogP contribution < -0.4 is 5.32 Å². The number of nitrogens with one attached hydrogen (secondary N) is 1. The molecule has 0 atom stereocenters. The van der Waals surface area contributed by atoms with Gasteiger partial charge in [0.25, 0.3) is 0 Å². The van der Waals surface area contributed by atoms with Crippen molar-refractivity contribution in [1.82, 2.24) is 20.4 Å². The number of pyridine rings is 1. The van der Waals surface area contributed by atoms with Crippen LogP contribution in [0.1, 0.15) is 17.3 Å². The summed E-state index contributed by atoms with van der Waals surface area (Å²) in [7, 11) is 0. The zero-order valence-electron chi connectivity index (χ0n) is 10.6. The standard InChI is InChI=1S/C14H14N4O/c1-10-17-14(19-18-10)9-15-8-11-6-7-16-13-5-3-2-4-12(11)13/h2-7,15H,8-9H2,1H3. The van der Waals surface area contributed by atoms with Gasteiger partial charge in [-0.2, -0.15) is 4.98 Å². The topological polar surface area (TPSA) is 63.8 Å². The predicted octanol–water partition coefficient (Wildman–Crippen LogP) is 2.22. The summed E-state index contributed by atoms with van der Waals surface area (Å²) >= 11 is 0. The second-order valence-electron chi connectivity index (χ2n) is 4.33. The Balaban J connectivity index is 1.71. The molecule has 1 N–H and O–H groups in total. The van der Waals surface area contributed by atoms with Crippen molar-refractivity contribution in [1.29, 1.82) is 0 Å². The molecular weight excluding hydrogens is 240 g/mol. The van der Waals surface area contributed by atoms with Gasteiger partial charge in [-0.3, -0.25) is 4.98 Å². The minimum Gasteiger partial charge on any atom is -0.338 e. The first-order chi connectivity index (χ1) is 9.33. The zero-order valence-corrected chi connectivity index (χ0v) is 10.6. The fraction of sp³-hybridized carbons (Fsp3) is 0.214. The fourth-order valence-electron chi connectivity index (χ4n) is 2.03. The highest BCUT2D eigenvalue weighted by atomic mass is 16.5. The molecule has 2 heterocycles. The average molecular weight is 254 g/mol. The SMILES string of the molecule is Cc1noc(CNCc2ccnc3ccccc23)n1. The van der Waals surface area contributed by atoms with Crippen LogP contribution in [-0.2, 0) is 13.1 Å². The van der Waals surface area contributed by atoms with Crippen LogP contribution in [0.5, 0.6) is 0 Å². The Kier molecular flexibility index (Phi) is 3.20.